The summed E-state index contributed by atoms with van der Waals surface area (Å²) in [6.07, 6.45) is 0. The van der Waals surface area contributed by atoms with Crippen molar-refractivity contribution < 1.29 is 19.4 Å². The summed E-state index contributed by atoms with van der Waals surface area (Å²) in [6, 6.07) is 6.60. The van der Waals surface area contributed by atoms with Gasteiger partial charge in [-0.2, -0.15) is 0 Å². The number of methoxy groups -OCH3 is 1. The van der Waals surface area contributed by atoms with Crippen LogP contribution in [0.1, 0.15) is 26.5 Å². The molecule has 0 fully saturated rings. The van der Waals surface area contributed by atoms with Crippen molar-refractivity contribution in [3.05, 3.63) is 41.2 Å². The standard InChI is InChI=1S/C12H11N3O4/c1-7-10(11(16)17)13-14-15(7)9-6-4-3-5-8(9)12(18)19-2/h3-6H,1-2H3,(H,16,17). The number of carboxylic acids is 1. The third-order valence-electron chi connectivity index (χ3n) is 2.63. The summed E-state index contributed by atoms with van der Waals surface area (Å²) in [4.78, 5) is 22.6. The number of carboxylic acid groups (broad SMARTS) is 1. The van der Waals surface area contributed by atoms with Crippen LogP contribution in [-0.2, 0) is 4.74 Å². The molecule has 0 aliphatic heterocycles. The molecule has 7 nitrogen and oxygen atoms in total. The first-order valence-electron chi connectivity index (χ1n) is 5.39. The molecule has 1 aromatic carbocycles. The molecule has 0 saturated heterocycles. The smallest absolute Gasteiger partial charge is 0.358 e. The molecular weight excluding hydrogens is 250 g/mol. The number of aromatic nitrogens is 3. The van der Waals surface area contributed by atoms with Crippen molar-refractivity contribution in [2.75, 3.05) is 7.11 Å². The van der Waals surface area contributed by atoms with Crippen LogP contribution in [0.5, 0.6) is 0 Å². The van der Waals surface area contributed by atoms with E-state index in [-0.39, 0.29) is 11.3 Å². The minimum atomic E-state index is -1.17. The van der Waals surface area contributed by atoms with Crippen molar-refractivity contribution >= 4 is 11.9 Å². The highest BCUT2D eigenvalue weighted by Gasteiger charge is 2.19. The first-order chi connectivity index (χ1) is 9.06. The summed E-state index contributed by atoms with van der Waals surface area (Å²) in [6.45, 7) is 1.57. The second kappa shape index (κ2) is 4.89. The molecule has 0 aliphatic carbocycles. The van der Waals surface area contributed by atoms with E-state index in [9.17, 15) is 9.59 Å². The number of carbonyl (C=O) groups excluding carboxylic acids is 1. The fraction of sp³-hybridized carbons (Fsp3) is 0.167. The fourth-order valence-electron chi connectivity index (χ4n) is 1.70. The van der Waals surface area contributed by atoms with E-state index >= 15 is 0 Å². The van der Waals surface area contributed by atoms with Crippen LogP contribution in [0, 0.1) is 6.92 Å². The molecule has 0 aliphatic rings. The van der Waals surface area contributed by atoms with Gasteiger partial charge in [0, 0.05) is 0 Å². The van der Waals surface area contributed by atoms with Crippen molar-refractivity contribution in [2.24, 2.45) is 0 Å². The molecule has 0 atom stereocenters. The van der Waals surface area contributed by atoms with Crippen LogP contribution in [0.4, 0.5) is 0 Å². The highest BCUT2D eigenvalue weighted by molar-refractivity contribution is 5.93. The fourth-order valence-corrected chi connectivity index (χ4v) is 1.70. The molecule has 0 spiro atoms. The summed E-state index contributed by atoms with van der Waals surface area (Å²) in [5.41, 5.74) is 0.894. The molecule has 2 rings (SSSR count). The number of hydrogen-bond acceptors (Lipinski definition) is 5. The van der Waals surface area contributed by atoms with Crippen molar-refractivity contribution in [1.82, 2.24) is 15.0 Å². The highest BCUT2D eigenvalue weighted by Crippen LogP contribution is 2.17. The molecule has 7 heteroatoms. The zero-order valence-electron chi connectivity index (χ0n) is 10.3. The van der Waals surface area contributed by atoms with Crippen molar-refractivity contribution in [2.45, 2.75) is 6.92 Å². The number of nitrogens with zero attached hydrogens (tertiary/aromatic N) is 3. The predicted octanol–water partition coefficient (Wildman–Crippen LogP) is 1.06. The van der Waals surface area contributed by atoms with Gasteiger partial charge in [-0.05, 0) is 19.1 Å². The summed E-state index contributed by atoms with van der Waals surface area (Å²) < 4.78 is 5.98. The van der Waals surface area contributed by atoms with E-state index in [0.717, 1.165) is 0 Å². The Hall–Kier alpha value is -2.70. The number of carbonyl (C=O) groups is 2. The minimum absolute atomic E-state index is 0.153. The molecule has 0 amide bonds. The predicted molar refractivity (Wildman–Crippen MR) is 64.4 cm³/mol. The van der Waals surface area contributed by atoms with E-state index in [1.54, 1.807) is 31.2 Å². The molecule has 1 aromatic heterocycles. The van der Waals surface area contributed by atoms with Crippen molar-refractivity contribution in [3.8, 4) is 5.69 Å². The number of para-hydroxylation sites is 1. The quantitative estimate of drug-likeness (QED) is 0.830. The molecule has 1 heterocycles. The van der Waals surface area contributed by atoms with Gasteiger partial charge in [0.1, 0.15) is 0 Å². The maximum Gasteiger partial charge on any atom is 0.358 e. The van der Waals surface area contributed by atoms with E-state index < -0.39 is 11.9 Å². The van der Waals surface area contributed by atoms with Gasteiger partial charge in [0.05, 0.1) is 24.1 Å². The Morgan fingerprint density at radius 1 is 1.32 bits per heavy atom. The lowest BCUT2D eigenvalue weighted by Gasteiger charge is -2.08. The maximum absolute atomic E-state index is 11.7. The van der Waals surface area contributed by atoms with E-state index in [0.29, 0.717) is 11.4 Å². The second-order valence-electron chi connectivity index (χ2n) is 3.75. The molecule has 19 heavy (non-hydrogen) atoms. The third-order valence-corrected chi connectivity index (χ3v) is 2.63. The lowest BCUT2D eigenvalue weighted by molar-refractivity contribution is 0.0599. The minimum Gasteiger partial charge on any atom is -0.476 e. The normalized spacial score (nSPS) is 10.2. The molecule has 0 unspecified atom stereocenters. The Kier molecular flexibility index (Phi) is 3.28. The number of hydrogen-bond donors (Lipinski definition) is 1. The first kappa shape index (κ1) is 12.7. The SMILES string of the molecule is COC(=O)c1ccccc1-n1nnc(C(=O)O)c1C. The first-order valence-corrected chi connectivity index (χ1v) is 5.39. The lowest BCUT2D eigenvalue weighted by Crippen LogP contribution is -2.10. The number of ether oxygens (including phenoxy) is 1. The van der Waals surface area contributed by atoms with Crippen LogP contribution in [0.25, 0.3) is 5.69 Å². The lowest BCUT2D eigenvalue weighted by atomic mass is 10.1. The Morgan fingerprint density at radius 3 is 2.58 bits per heavy atom. The van der Waals surface area contributed by atoms with Gasteiger partial charge in [0.15, 0.2) is 5.69 Å². The topological polar surface area (TPSA) is 94.3 Å². The van der Waals surface area contributed by atoms with Gasteiger partial charge in [-0.15, -0.1) is 5.10 Å². The van der Waals surface area contributed by atoms with E-state index in [4.69, 9.17) is 5.11 Å². The number of benzene rings is 1. The van der Waals surface area contributed by atoms with E-state index in [1.807, 2.05) is 0 Å². The van der Waals surface area contributed by atoms with Crippen LogP contribution in [0.2, 0.25) is 0 Å². The highest BCUT2D eigenvalue weighted by atomic mass is 16.5. The van der Waals surface area contributed by atoms with E-state index in [2.05, 4.69) is 15.0 Å². The average molecular weight is 261 g/mol. The number of rotatable bonds is 3. The molecule has 0 bridgehead atoms. The zero-order valence-corrected chi connectivity index (χ0v) is 10.3. The molecule has 1 N–H and O–H groups in total. The van der Waals surface area contributed by atoms with Gasteiger partial charge in [-0.3, -0.25) is 0 Å². The van der Waals surface area contributed by atoms with Crippen LogP contribution >= 0.6 is 0 Å². The second-order valence-corrected chi connectivity index (χ2v) is 3.75. The molecule has 2 aromatic rings. The largest absolute Gasteiger partial charge is 0.476 e. The molecule has 98 valence electrons. The van der Waals surface area contributed by atoms with Gasteiger partial charge < -0.3 is 9.84 Å². The number of aromatic carboxylic acids is 1. The summed E-state index contributed by atoms with van der Waals surface area (Å²) >= 11 is 0. The Morgan fingerprint density at radius 2 is 2.00 bits per heavy atom. The van der Waals surface area contributed by atoms with Crippen molar-refractivity contribution in [1.29, 1.82) is 0 Å². The Labute approximate surface area is 108 Å². The summed E-state index contributed by atoms with van der Waals surface area (Å²) in [5.74, 6) is -1.69. The van der Waals surface area contributed by atoms with Gasteiger partial charge in [0.25, 0.3) is 0 Å². The monoisotopic (exact) mass is 261 g/mol. The van der Waals surface area contributed by atoms with Gasteiger partial charge >= 0.3 is 11.9 Å². The maximum atomic E-state index is 11.7. The molecule has 0 radical (unpaired) electrons. The average Bonchev–Trinajstić information content (AvgIpc) is 2.79. The van der Waals surface area contributed by atoms with Crippen molar-refractivity contribution in [3.63, 3.8) is 0 Å². The summed E-state index contributed by atoms with van der Waals surface area (Å²) in [5, 5.41) is 16.3. The number of esters is 1. The van der Waals surface area contributed by atoms with Crippen LogP contribution in [0.15, 0.2) is 24.3 Å². The molecular formula is C12H11N3O4. The Balaban J connectivity index is 2.60. The zero-order chi connectivity index (χ0) is 14.0. The van der Waals surface area contributed by atoms with Crippen LogP contribution in [-0.4, -0.2) is 39.1 Å². The van der Waals surface area contributed by atoms with Gasteiger partial charge in [0.2, 0.25) is 0 Å². The van der Waals surface area contributed by atoms with Gasteiger partial charge in [-0.1, -0.05) is 17.3 Å². The third kappa shape index (κ3) is 2.17. The van der Waals surface area contributed by atoms with Gasteiger partial charge in [-0.25, -0.2) is 14.3 Å². The van der Waals surface area contributed by atoms with Crippen LogP contribution in [0.3, 0.4) is 0 Å². The van der Waals surface area contributed by atoms with Crippen LogP contribution < -0.4 is 0 Å². The Bertz CT molecular complexity index is 648. The molecule has 0 saturated carbocycles. The summed E-state index contributed by atoms with van der Waals surface area (Å²) in [7, 11) is 1.27. The van der Waals surface area contributed by atoms with E-state index in [1.165, 1.54) is 11.8 Å².